The highest BCUT2D eigenvalue weighted by Gasteiger charge is 2.20. The standard InChI is InChI=1S/C17H21N3O2/c1-14(9-11-21)20(13-15-6-3-2-4-7-15)17(22)19-16-8-5-10-18-12-16/h2-8,10,12,14,21H,9,11,13H2,1H3,(H,19,22). The molecule has 1 aromatic heterocycles. The maximum absolute atomic E-state index is 12.5. The van der Waals surface area contributed by atoms with E-state index in [4.69, 9.17) is 5.11 Å². The highest BCUT2D eigenvalue weighted by molar-refractivity contribution is 5.89. The first kappa shape index (κ1) is 16.0. The molecule has 0 aliphatic carbocycles. The molecule has 2 N–H and O–H groups in total. The monoisotopic (exact) mass is 299 g/mol. The fraction of sp³-hybridized carbons (Fsp3) is 0.294. The van der Waals surface area contributed by atoms with Gasteiger partial charge in [0, 0.05) is 25.4 Å². The van der Waals surface area contributed by atoms with Crippen molar-refractivity contribution in [2.45, 2.75) is 25.9 Å². The van der Waals surface area contributed by atoms with Gasteiger partial charge in [-0.05, 0) is 31.0 Å². The summed E-state index contributed by atoms with van der Waals surface area (Å²) in [4.78, 5) is 18.2. The number of nitrogens with zero attached hydrogens (tertiary/aromatic N) is 2. The number of hydrogen-bond donors (Lipinski definition) is 2. The number of benzene rings is 1. The number of rotatable bonds is 6. The quantitative estimate of drug-likeness (QED) is 0.862. The van der Waals surface area contributed by atoms with Crippen LogP contribution in [0.3, 0.4) is 0 Å². The number of aliphatic hydroxyl groups excluding tert-OH is 1. The van der Waals surface area contributed by atoms with Crippen LogP contribution in [0.2, 0.25) is 0 Å². The third-order valence-electron chi connectivity index (χ3n) is 3.45. The van der Waals surface area contributed by atoms with E-state index in [0.717, 1.165) is 5.56 Å². The van der Waals surface area contributed by atoms with Gasteiger partial charge in [0.25, 0.3) is 0 Å². The Labute approximate surface area is 130 Å². The van der Waals surface area contributed by atoms with Crippen molar-refractivity contribution in [2.75, 3.05) is 11.9 Å². The van der Waals surface area contributed by atoms with Crippen molar-refractivity contribution >= 4 is 11.7 Å². The summed E-state index contributed by atoms with van der Waals surface area (Å²) in [6, 6.07) is 13.1. The predicted octanol–water partition coefficient (Wildman–Crippen LogP) is 2.89. The fourth-order valence-electron chi connectivity index (χ4n) is 2.18. The van der Waals surface area contributed by atoms with Crippen molar-refractivity contribution in [3.63, 3.8) is 0 Å². The molecular weight excluding hydrogens is 278 g/mol. The van der Waals surface area contributed by atoms with Crippen molar-refractivity contribution in [3.8, 4) is 0 Å². The van der Waals surface area contributed by atoms with E-state index in [0.29, 0.717) is 18.7 Å². The Morgan fingerprint density at radius 2 is 2.05 bits per heavy atom. The summed E-state index contributed by atoms with van der Waals surface area (Å²) in [6.07, 6.45) is 3.80. The van der Waals surface area contributed by atoms with Gasteiger partial charge in [0.2, 0.25) is 0 Å². The molecule has 1 unspecified atom stereocenters. The van der Waals surface area contributed by atoms with Crippen LogP contribution in [0.4, 0.5) is 10.5 Å². The molecule has 116 valence electrons. The van der Waals surface area contributed by atoms with Gasteiger partial charge >= 0.3 is 6.03 Å². The summed E-state index contributed by atoms with van der Waals surface area (Å²) in [5.41, 5.74) is 1.70. The van der Waals surface area contributed by atoms with Gasteiger partial charge in [0.1, 0.15) is 0 Å². The Bertz CT molecular complexity index is 575. The highest BCUT2D eigenvalue weighted by Crippen LogP contribution is 2.13. The van der Waals surface area contributed by atoms with Crippen LogP contribution in [0.25, 0.3) is 0 Å². The molecule has 2 amide bonds. The van der Waals surface area contributed by atoms with Gasteiger partial charge < -0.3 is 15.3 Å². The molecule has 0 bridgehead atoms. The van der Waals surface area contributed by atoms with Crippen LogP contribution >= 0.6 is 0 Å². The lowest BCUT2D eigenvalue weighted by atomic mass is 10.1. The molecular formula is C17H21N3O2. The molecule has 0 aliphatic heterocycles. The van der Waals surface area contributed by atoms with E-state index in [2.05, 4.69) is 10.3 Å². The Morgan fingerprint density at radius 3 is 2.68 bits per heavy atom. The lowest BCUT2D eigenvalue weighted by Crippen LogP contribution is -2.41. The number of aliphatic hydroxyl groups is 1. The first-order chi connectivity index (χ1) is 10.7. The van der Waals surface area contributed by atoms with Crippen molar-refractivity contribution in [1.82, 2.24) is 9.88 Å². The number of pyridine rings is 1. The molecule has 0 aliphatic rings. The minimum atomic E-state index is -0.196. The summed E-state index contributed by atoms with van der Waals surface area (Å²) < 4.78 is 0. The maximum atomic E-state index is 12.5. The zero-order valence-corrected chi connectivity index (χ0v) is 12.6. The normalized spacial score (nSPS) is 11.7. The molecule has 1 aromatic carbocycles. The summed E-state index contributed by atoms with van der Waals surface area (Å²) in [5, 5.41) is 12.0. The van der Waals surface area contributed by atoms with E-state index < -0.39 is 0 Å². The number of amides is 2. The molecule has 2 rings (SSSR count). The summed E-state index contributed by atoms with van der Waals surface area (Å²) in [6.45, 7) is 2.47. The van der Waals surface area contributed by atoms with Gasteiger partial charge in [-0.1, -0.05) is 30.3 Å². The largest absolute Gasteiger partial charge is 0.396 e. The Hall–Kier alpha value is -2.40. The summed E-state index contributed by atoms with van der Waals surface area (Å²) in [5.74, 6) is 0. The molecule has 5 nitrogen and oxygen atoms in total. The van der Waals surface area contributed by atoms with Crippen LogP contribution in [0.15, 0.2) is 54.9 Å². The van der Waals surface area contributed by atoms with E-state index >= 15 is 0 Å². The minimum Gasteiger partial charge on any atom is -0.396 e. The number of hydrogen-bond acceptors (Lipinski definition) is 3. The first-order valence-electron chi connectivity index (χ1n) is 7.33. The van der Waals surface area contributed by atoms with Gasteiger partial charge in [-0.15, -0.1) is 0 Å². The molecule has 22 heavy (non-hydrogen) atoms. The van der Waals surface area contributed by atoms with E-state index in [1.165, 1.54) is 0 Å². The molecule has 2 aromatic rings. The van der Waals surface area contributed by atoms with E-state index in [1.54, 1.807) is 29.4 Å². The Kier molecular flexibility index (Phi) is 5.91. The summed E-state index contributed by atoms with van der Waals surface area (Å²) >= 11 is 0. The highest BCUT2D eigenvalue weighted by atomic mass is 16.3. The number of urea groups is 1. The number of carbonyl (C=O) groups is 1. The summed E-state index contributed by atoms with van der Waals surface area (Å²) in [7, 11) is 0. The Morgan fingerprint density at radius 1 is 1.27 bits per heavy atom. The smallest absolute Gasteiger partial charge is 0.322 e. The van der Waals surface area contributed by atoms with Crippen LogP contribution < -0.4 is 5.32 Å². The number of nitrogens with one attached hydrogen (secondary N) is 1. The van der Waals surface area contributed by atoms with E-state index in [1.807, 2.05) is 37.3 Å². The van der Waals surface area contributed by atoms with Crippen LogP contribution in [-0.4, -0.2) is 33.7 Å². The second-order valence-electron chi connectivity index (χ2n) is 5.15. The topological polar surface area (TPSA) is 65.5 Å². The van der Waals surface area contributed by atoms with Crippen molar-refractivity contribution < 1.29 is 9.90 Å². The number of anilines is 1. The van der Waals surface area contributed by atoms with Crippen LogP contribution in [0.1, 0.15) is 18.9 Å². The van der Waals surface area contributed by atoms with Crippen LogP contribution in [0, 0.1) is 0 Å². The van der Waals surface area contributed by atoms with Gasteiger partial charge in [-0.3, -0.25) is 4.98 Å². The molecule has 0 saturated carbocycles. The molecule has 0 fully saturated rings. The zero-order chi connectivity index (χ0) is 15.8. The van der Waals surface area contributed by atoms with E-state index in [9.17, 15) is 4.79 Å². The Balaban J connectivity index is 2.11. The minimum absolute atomic E-state index is 0.0482. The first-order valence-corrected chi connectivity index (χ1v) is 7.33. The molecule has 1 atom stereocenters. The lowest BCUT2D eigenvalue weighted by molar-refractivity contribution is 0.169. The molecule has 0 radical (unpaired) electrons. The second kappa shape index (κ2) is 8.14. The molecule has 0 saturated heterocycles. The van der Waals surface area contributed by atoms with Gasteiger partial charge in [0.15, 0.2) is 0 Å². The van der Waals surface area contributed by atoms with E-state index in [-0.39, 0.29) is 18.7 Å². The fourth-order valence-corrected chi connectivity index (χ4v) is 2.18. The molecule has 0 spiro atoms. The lowest BCUT2D eigenvalue weighted by Gasteiger charge is -2.29. The van der Waals surface area contributed by atoms with Crippen molar-refractivity contribution in [3.05, 3.63) is 60.4 Å². The van der Waals surface area contributed by atoms with Crippen molar-refractivity contribution in [2.24, 2.45) is 0 Å². The third kappa shape index (κ3) is 4.56. The van der Waals surface area contributed by atoms with Gasteiger partial charge in [-0.25, -0.2) is 4.79 Å². The molecule has 1 heterocycles. The van der Waals surface area contributed by atoms with Gasteiger partial charge in [-0.2, -0.15) is 0 Å². The van der Waals surface area contributed by atoms with Gasteiger partial charge in [0.05, 0.1) is 11.9 Å². The second-order valence-corrected chi connectivity index (χ2v) is 5.15. The number of carbonyl (C=O) groups excluding carboxylic acids is 1. The average Bonchev–Trinajstić information content (AvgIpc) is 2.54. The van der Waals surface area contributed by atoms with Crippen LogP contribution in [-0.2, 0) is 6.54 Å². The maximum Gasteiger partial charge on any atom is 0.322 e. The molecule has 5 heteroatoms. The zero-order valence-electron chi connectivity index (χ0n) is 12.6. The third-order valence-corrected chi connectivity index (χ3v) is 3.45. The SMILES string of the molecule is CC(CCO)N(Cc1ccccc1)C(=O)Nc1cccnc1. The van der Waals surface area contributed by atoms with Crippen molar-refractivity contribution in [1.29, 1.82) is 0 Å². The average molecular weight is 299 g/mol. The predicted molar refractivity (Wildman–Crippen MR) is 86.4 cm³/mol. The van der Waals surface area contributed by atoms with Crippen LogP contribution in [0.5, 0.6) is 0 Å². The number of aromatic nitrogens is 1.